The maximum absolute atomic E-state index is 8.76. The summed E-state index contributed by atoms with van der Waals surface area (Å²) in [5.41, 5.74) is 1.80. The Labute approximate surface area is 89.0 Å². The number of rotatable bonds is 1. The van der Waals surface area contributed by atoms with Gasteiger partial charge in [0.15, 0.2) is 0 Å². The van der Waals surface area contributed by atoms with Crippen molar-refractivity contribution in [3.63, 3.8) is 0 Å². The topological polar surface area (TPSA) is 39.6 Å². The first-order valence-corrected chi connectivity index (χ1v) is 5.80. The van der Waals surface area contributed by atoms with Gasteiger partial charge in [0, 0.05) is 28.6 Å². The number of hydrogen-bond donors (Lipinski definition) is 1. The van der Waals surface area contributed by atoms with E-state index in [1.54, 1.807) is 6.20 Å². The van der Waals surface area contributed by atoms with E-state index in [2.05, 4.69) is 17.1 Å². The molecule has 2 nitrogen and oxygen atoms in total. The molecule has 1 aromatic heterocycles. The van der Waals surface area contributed by atoms with Crippen molar-refractivity contribution < 1.29 is 0 Å². The zero-order valence-corrected chi connectivity index (χ0v) is 9.32. The summed E-state index contributed by atoms with van der Waals surface area (Å²) in [7, 11) is 0. The Morgan fingerprint density at radius 2 is 2.21 bits per heavy atom. The van der Waals surface area contributed by atoms with Crippen LogP contribution < -0.4 is 0 Å². The molecular formula is C11H14N2S. The van der Waals surface area contributed by atoms with Crippen LogP contribution in [0.15, 0.2) is 18.5 Å². The zero-order valence-electron chi connectivity index (χ0n) is 8.50. The van der Waals surface area contributed by atoms with E-state index in [-0.39, 0.29) is 0 Å². The minimum absolute atomic E-state index is 0.746. The molecule has 2 rings (SSSR count). The molecule has 0 fully saturated rings. The van der Waals surface area contributed by atoms with Crippen LogP contribution in [-0.2, 0) is 0 Å². The van der Waals surface area contributed by atoms with Gasteiger partial charge >= 0.3 is 0 Å². The van der Waals surface area contributed by atoms with Crippen LogP contribution in [0.3, 0.4) is 0 Å². The molecule has 74 valence electrons. The average Bonchev–Trinajstić information content (AvgIpc) is 2.91. The van der Waals surface area contributed by atoms with Gasteiger partial charge in [-0.25, -0.2) is 0 Å². The highest BCUT2D eigenvalue weighted by Crippen LogP contribution is 2.35. The van der Waals surface area contributed by atoms with Gasteiger partial charge in [0.05, 0.1) is 5.56 Å². The summed E-state index contributed by atoms with van der Waals surface area (Å²) in [6, 6.07) is 2.17. The summed E-state index contributed by atoms with van der Waals surface area (Å²) in [6.07, 6.45) is 6.95. The highest BCUT2D eigenvalue weighted by atomic mass is 32.2. The molecule has 1 N–H and O–H groups in total. The van der Waals surface area contributed by atoms with Crippen molar-refractivity contribution in [3.05, 3.63) is 29.6 Å². The maximum Gasteiger partial charge on any atom is 0.101 e. The first-order chi connectivity index (χ1) is 6.92. The molecule has 0 atom stereocenters. The lowest BCUT2D eigenvalue weighted by Crippen LogP contribution is -1.76. The summed E-state index contributed by atoms with van der Waals surface area (Å²) < 4.78 is 0. The second kappa shape index (κ2) is 5.56. The van der Waals surface area contributed by atoms with Gasteiger partial charge in [-0.15, -0.1) is 11.8 Å². The first-order valence-electron chi connectivity index (χ1n) is 4.82. The van der Waals surface area contributed by atoms with Gasteiger partial charge in [-0.05, 0) is 6.42 Å². The fourth-order valence-electron chi connectivity index (χ4n) is 1.27. The number of nitriles is 1. The van der Waals surface area contributed by atoms with Gasteiger partial charge in [-0.3, -0.25) is 0 Å². The molecule has 0 unspecified atom stereocenters. The van der Waals surface area contributed by atoms with Crippen LogP contribution in [0.2, 0.25) is 0 Å². The van der Waals surface area contributed by atoms with Crippen molar-refractivity contribution in [2.24, 2.45) is 0 Å². The van der Waals surface area contributed by atoms with E-state index < -0.39 is 0 Å². The molecule has 0 aromatic carbocycles. The number of hydrogen-bond acceptors (Lipinski definition) is 2. The molecule has 0 aliphatic carbocycles. The van der Waals surface area contributed by atoms with Crippen LogP contribution in [-0.4, -0.2) is 10.7 Å². The van der Waals surface area contributed by atoms with Crippen LogP contribution in [0.25, 0.3) is 4.91 Å². The largest absolute Gasteiger partial charge is 0.366 e. The molecule has 0 saturated carbocycles. The third kappa shape index (κ3) is 2.21. The van der Waals surface area contributed by atoms with Crippen LogP contribution in [0.1, 0.15) is 31.4 Å². The second-order valence-electron chi connectivity index (χ2n) is 2.60. The summed E-state index contributed by atoms with van der Waals surface area (Å²) in [5, 5.41) is 8.76. The van der Waals surface area contributed by atoms with E-state index in [1.807, 2.05) is 31.8 Å². The van der Waals surface area contributed by atoms with E-state index in [4.69, 9.17) is 5.26 Å². The van der Waals surface area contributed by atoms with Crippen LogP contribution in [0.4, 0.5) is 0 Å². The predicted molar refractivity (Wildman–Crippen MR) is 61.9 cm³/mol. The number of allylic oxidation sites excluding steroid dienone is 1. The number of H-pyrrole nitrogens is 1. The Balaban J connectivity index is 0.000000461. The van der Waals surface area contributed by atoms with Crippen LogP contribution >= 0.6 is 11.8 Å². The van der Waals surface area contributed by atoms with Gasteiger partial charge in [0.2, 0.25) is 0 Å². The molecule has 1 aromatic rings. The SMILES string of the molecule is CC.N#Cc1c[nH]cc1C1=CCCS1. The van der Waals surface area contributed by atoms with Gasteiger partial charge < -0.3 is 4.98 Å². The smallest absolute Gasteiger partial charge is 0.101 e. The summed E-state index contributed by atoms with van der Waals surface area (Å²) in [4.78, 5) is 4.19. The molecule has 0 bridgehead atoms. The highest BCUT2D eigenvalue weighted by Gasteiger charge is 2.12. The lowest BCUT2D eigenvalue weighted by Gasteiger charge is -1.96. The lowest BCUT2D eigenvalue weighted by molar-refractivity contribution is 1.28. The van der Waals surface area contributed by atoms with Gasteiger partial charge in [0.25, 0.3) is 0 Å². The predicted octanol–water partition coefficient (Wildman–Crippen LogP) is 3.39. The van der Waals surface area contributed by atoms with Gasteiger partial charge in [-0.1, -0.05) is 19.9 Å². The van der Waals surface area contributed by atoms with E-state index in [9.17, 15) is 0 Å². The summed E-state index contributed by atoms with van der Waals surface area (Å²) in [6.45, 7) is 4.00. The van der Waals surface area contributed by atoms with Gasteiger partial charge in [0.1, 0.15) is 6.07 Å². The molecule has 0 saturated heterocycles. The second-order valence-corrected chi connectivity index (χ2v) is 3.74. The quantitative estimate of drug-likeness (QED) is 0.765. The van der Waals surface area contributed by atoms with Crippen molar-refractivity contribution in [2.45, 2.75) is 20.3 Å². The van der Waals surface area contributed by atoms with Crippen LogP contribution in [0.5, 0.6) is 0 Å². The highest BCUT2D eigenvalue weighted by molar-refractivity contribution is 8.08. The molecule has 2 heterocycles. The van der Waals surface area contributed by atoms with Crippen molar-refractivity contribution in [1.29, 1.82) is 5.26 Å². The minimum atomic E-state index is 0.746. The number of aromatic amines is 1. The molecule has 0 spiro atoms. The van der Waals surface area contributed by atoms with Crippen molar-refractivity contribution in [1.82, 2.24) is 4.98 Å². The number of thioether (sulfide) groups is 1. The number of nitrogens with zero attached hydrogens (tertiary/aromatic N) is 1. The van der Waals surface area contributed by atoms with Crippen molar-refractivity contribution in [2.75, 3.05) is 5.75 Å². The Bertz CT molecular complexity index is 358. The van der Waals surface area contributed by atoms with E-state index in [0.29, 0.717) is 0 Å². The average molecular weight is 206 g/mol. The normalized spacial score (nSPS) is 13.9. The van der Waals surface area contributed by atoms with Crippen molar-refractivity contribution in [3.8, 4) is 6.07 Å². The maximum atomic E-state index is 8.76. The van der Waals surface area contributed by atoms with E-state index >= 15 is 0 Å². The summed E-state index contributed by atoms with van der Waals surface area (Å²) >= 11 is 1.82. The molecule has 14 heavy (non-hydrogen) atoms. The zero-order chi connectivity index (χ0) is 10.4. The Hall–Kier alpha value is -1.14. The minimum Gasteiger partial charge on any atom is -0.366 e. The molecule has 1 aliphatic rings. The molecule has 0 amide bonds. The fraction of sp³-hybridized carbons (Fsp3) is 0.364. The molecule has 1 aliphatic heterocycles. The standard InChI is InChI=1S/C9H8N2S.C2H6/c10-4-7-5-11-6-8(7)9-2-1-3-12-9;1-2/h2,5-6,11H,1,3H2;1-2H3. The number of nitrogens with one attached hydrogen (secondary N) is 1. The third-order valence-corrected chi connectivity index (χ3v) is 2.97. The fourth-order valence-corrected chi connectivity index (χ4v) is 2.28. The molecule has 0 radical (unpaired) electrons. The van der Waals surface area contributed by atoms with E-state index in [0.717, 1.165) is 23.3 Å². The summed E-state index contributed by atoms with van der Waals surface area (Å²) in [5.74, 6) is 1.14. The van der Waals surface area contributed by atoms with E-state index in [1.165, 1.54) is 4.91 Å². The monoisotopic (exact) mass is 206 g/mol. The Morgan fingerprint density at radius 1 is 1.43 bits per heavy atom. The molecule has 3 heteroatoms. The van der Waals surface area contributed by atoms with Crippen molar-refractivity contribution >= 4 is 16.7 Å². The Kier molecular flexibility index (Phi) is 4.34. The number of aromatic nitrogens is 1. The van der Waals surface area contributed by atoms with Crippen LogP contribution in [0, 0.1) is 11.3 Å². The molecular weight excluding hydrogens is 192 g/mol. The third-order valence-electron chi connectivity index (χ3n) is 1.84. The van der Waals surface area contributed by atoms with Gasteiger partial charge in [-0.2, -0.15) is 5.26 Å². The lowest BCUT2D eigenvalue weighted by atomic mass is 10.2. The Morgan fingerprint density at radius 3 is 2.79 bits per heavy atom. The first kappa shape index (κ1) is 10.9.